The van der Waals surface area contributed by atoms with Crippen molar-refractivity contribution in [2.45, 2.75) is 51.0 Å². The zero-order valence-corrected chi connectivity index (χ0v) is 17.6. The van der Waals surface area contributed by atoms with Crippen molar-refractivity contribution in [3.63, 3.8) is 0 Å². The molecular weight excluding hydrogens is 392 g/mol. The largest absolute Gasteiger partial charge is 0.374 e. The molecule has 1 amide bonds. The van der Waals surface area contributed by atoms with Crippen LogP contribution in [0.4, 0.5) is 0 Å². The van der Waals surface area contributed by atoms with E-state index in [1.807, 2.05) is 12.1 Å². The lowest BCUT2D eigenvalue weighted by atomic mass is 9.78. The summed E-state index contributed by atoms with van der Waals surface area (Å²) >= 11 is 3.49. The molecule has 1 saturated carbocycles. The molecule has 1 aromatic rings. The van der Waals surface area contributed by atoms with Gasteiger partial charge in [0.25, 0.3) is 0 Å². The van der Waals surface area contributed by atoms with E-state index in [9.17, 15) is 4.79 Å². The zero-order chi connectivity index (χ0) is 18.6. The van der Waals surface area contributed by atoms with Crippen LogP contribution in [0.15, 0.2) is 28.7 Å². The summed E-state index contributed by atoms with van der Waals surface area (Å²) in [6.45, 7) is 8.84. The lowest BCUT2D eigenvalue weighted by Crippen LogP contribution is -2.51. The number of benzene rings is 1. The van der Waals surface area contributed by atoms with Gasteiger partial charge in [0.1, 0.15) is 0 Å². The molecule has 0 aromatic heterocycles. The van der Waals surface area contributed by atoms with Gasteiger partial charge in [-0.25, -0.2) is 0 Å². The molecule has 0 bridgehead atoms. The van der Waals surface area contributed by atoms with E-state index in [1.165, 1.54) is 0 Å². The molecule has 5 heteroatoms. The maximum atomic E-state index is 13.2. The van der Waals surface area contributed by atoms with Crippen LogP contribution >= 0.6 is 15.9 Å². The van der Waals surface area contributed by atoms with Crippen molar-refractivity contribution in [3.8, 4) is 0 Å². The van der Waals surface area contributed by atoms with Crippen LogP contribution in [0.3, 0.4) is 0 Å². The average molecular weight is 423 g/mol. The van der Waals surface area contributed by atoms with Crippen molar-refractivity contribution in [2.75, 3.05) is 32.8 Å². The summed E-state index contributed by atoms with van der Waals surface area (Å²) in [5, 5.41) is 3.22. The van der Waals surface area contributed by atoms with Crippen LogP contribution in [0.2, 0.25) is 0 Å². The summed E-state index contributed by atoms with van der Waals surface area (Å²) in [6, 6.07) is 8.26. The summed E-state index contributed by atoms with van der Waals surface area (Å²) in [4.78, 5) is 15.6. The maximum absolute atomic E-state index is 13.2. The second kappa shape index (κ2) is 8.85. The molecule has 2 fully saturated rings. The minimum absolute atomic E-state index is 0.0924. The zero-order valence-electron chi connectivity index (χ0n) is 16.0. The molecule has 1 aliphatic heterocycles. The Morgan fingerprint density at radius 2 is 2.00 bits per heavy atom. The predicted octanol–water partition coefficient (Wildman–Crippen LogP) is 3.73. The van der Waals surface area contributed by atoms with Crippen molar-refractivity contribution in [1.82, 2.24) is 10.2 Å². The first-order valence-electron chi connectivity index (χ1n) is 9.88. The van der Waals surface area contributed by atoms with Crippen molar-refractivity contribution in [1.29, 1.82) is 0 Å². The molecule has 3 rings (SSSR count). The summed E-state index contributed by atoms with van der Waals surface area (Å²) in [5.74, 6) is 0.824. The number of hydrogen-bond donors (Lipinski definition) is 1. The van der Waals surface area contributed by atoms with E-state index in [4.69, 9.17) is 4.74 Å². The molecule has 2 aliphatic rings. The van der Waals surface area contributed by atoms with Gasteiger partial charge in [0.2, 0.25) is 5.91 Å². The smallest absolute Gasteiger partial charge is 0.230 e. The van der Waals surface area contributed by atoms with E-state index in [0.717, 1.165) is 62.0 Å². The van der Waals surface area contributed by atoms with E-state index in [-0.39, 0.29) is 17.4 Å². The van der Waals surface area contributed by atoms with E-state index < -0.39 is 0 Å². The Morgan fingerprint density at radius 3 is 2.65 bits per heavy atom. The van der Waals surface area contributed by atoms with E-state index in [0.29, 0.717) is 12.5 Å². The normalized spacial score (nSPS) is 23.3. The summed E-state index contributed by atoms with van der Waals surface area (Å²) < 4.78 is 6.95. The highest BCUT2D eigenvalue weighted by atomic mass is 79.9. The van der Waals surface area contributed by atoms with Gasteiger partial charge in [-0.1, -0.05) is 54.8 Å². The Balaban J connectivity index is 1.61. The summed E-state index contributed by atoms with van der Waals surface area (Å²) in [5.41, 5.74) is 0.772. The van der Waals surface area contributed by atoms with Gasteiger partial charge in [-0.05, 0) is 36.5 Å². The number of amides is 1. The fourth-order valence-electron chi connectivity index (χ4n) is 4.36. The topological polar surface area (TPSA) is 41.6 Å². The standard InChI is InChI=1S/C21H31BrN2O2/c1-16(2)14-24-11-12-26-19(15-24)13-23-20(25)21(9-3-4-10-21)17-5-7-18(22)8-6-17/h5-8,16,19H,3-4,9-15H2,1-2H3,(H,23,25). The molecule has 1 aliphatic carbocycles. The van der Waals surface area contributed by atoms with E-state index >= 15 is 0 Å². The fraction of sp³-hybridized carbons (Fsp3) is 0.667. The first-order valence-corrected chi connectivity index (χ1v) is 10.7. The molecule has 0 spiro atoms. The van der Waals surface area contributed by atoms with Gasteiger partial charge in [-0.2, -0.15) is 0 Å². The van der Waals surface area contributed by atoms with Gasteiger partial charge in [-0.3, -0.25) is 9.69 Å². The second-order valence-electron chi connectivity index (χ2n) is 8.15. The minimum Gasteiger partial charge on any atom is -0.374 e. The third-order valence-corrected chi connectivity index (χ3v) is 6.15. The van der Waals surface area contributed by atoms with Gasteiger partial charge in [0.05, 0.1) is 18.1 Å². The molecule has 1 heterocycles. The predicted molar refractivity (Wildman–Crippen MR) is 108 cm³/mol. The Kier molecular flexibility index (Phi) is 6.76. The van der Waals surface area contributed by atoms with Crippen molar-refractivity contribution in [2.24, 2.45) is 5.92 Å². The monoisotopic (exact) mass is 422 g/mol. The second-order valence-corrected chi connectivity index (χ2v) is 9.07. The van der Waals surface area contributed by atoms with Crippen LogP contribution < -0.4 is 5.32 Å². The number of carbonyl (C=O) groups is 1. The highest BCUT2D eigenvalue weighted by molar-refractivity contribution is 9.10. The summed E-state index contributed by atoms with van der Waals surface area (Å²) in [7, 11) is 0. The summed E-state index contributed by atoms with van der Waals surface area (Å²) in [6.07, 6.45) is 4.20. The van der Waals surface area contributed by atoms with Crippen molar-refractivity contribution < 1.29 is 9.53 Å². The minimum atomic E-state index is -0.368. The highest BCUT2D eigenvalue weighted by Gasteiger charge is 2.42. The van der Waals surface area contributed by atoms with Crippen LogP contribution in [-0.2, 0) is 14.9 Å². The lowest BCUT2D eigenvalue weighted by molar-refractivity contribution is -0.127. The van der Waals surface area contributed by atoms with Crippen LogP contribution in [0, 0.1) is 5.92 Å². The molecule has 4 nitrogen and oxygen atoms in total. The number of ether oxygens (including phenoxy) is 1. The first kappa shape index (κ1) is 19.8. The molecule has 1 unspecified atom stereocenters. The Morgan fingerprint density at radius 1 is 1.31 bits per heavy atom. The first-order chi connectivity index (χ1) is 12.5. The van der Waals surface area contributed by atoms with Crippen molar-refractivity contribution in [3.05, 3.63) is 34.3 Å². The number of nitrogens with one attached hydrogen (secondary N) is 1. The van der Waals surface area contributed by atoms with Gasteiger partial charge < -0.3 is 10.1 Å². The van der Waals surface area contributed by atoms with Crippen molar-refractivity contribution >= 4 is 21.8 Å². The van der Waals surface area contributed by atoms with Crippen LogP contribution in [0.5, 0.6) is 0 Å². The molecule has 1 atom stereocenters. The molecule has 1 N–H and O–H groups in total. The third kappa shape index (κ3) is 4.68. The molecule has 144 valence electrons. The number of nitrogens with zero attached hydrogens (tertiary/aromatic N) is 1. The number of morpholine rings is 1. The lowest BCUT2D eigenvalue weighted by Gasteiger charge is -2.35. The number of rotatable bonds is 6. The van der Waals surface area contributed by atoms with Gasteiger partial charge >= 0.3 is 0 Å². The quantitative estimate of drug-likeness (QED) is 0.758. The maximum Gasteiger partial charge on any atom is 0.230 e. The molecule has 0 radical (unpaired) electrons. The van der Waals surface area contributed by atoms with Gasteiger partial charge in [0.15, 0.2) is 0 Å². The number of hydrogen-bond acceptors (Lipinski definition) is 3. The fourth-order valence-corrected chi connectivity index (χ4v) is 4.62. The van der Waals surface area contributed by atoms with E-state index in [2.05, 4.69) is 52.1 Å². The van der Waals surface area contributed by atoms with Gasteiger partial charge in [0, 0.05) is 30.7 Å². The highest BCUT2D eigenvalue weighted by Crippen LogP contribution is 2.41. The third-order valence-electron chi connectivity index (χ3n) is 5.63. The Bertz CT molecular complexity index is 597. The van der Waals surface area contributed by atoms with Gasteiger partial charge in [-0.15, -0.1) is 0 Å². The average Bonchev–Trinajstić information content (AvgIpc) is 3.11. The Labute approximate surface area is 165 Å². The van der Waals surface area contributed by atoms with Crippen LogP contribution in [0.1, 0.15) is 45.1 Å². The molecular formula is C21H31BrN2O2. The molecule has 26 heavy (non-hydrogen) atoms. The van der Waals surface area contributed by atoms with Crippen LogP contribution in [-0.4, -0.2) is 49.7 Å². The Hall–Kier alpha value is -0.910. The molecule has 1 saturated heterocycles. The van der Waals surface area contributed by atoms with E-state index in [1.54, 1.807) is 0 Å². The SMILES string of the molecule is CC(C)CN1CCOC(CNC(=O)C2(c3ccc(Br)cc3)CCCC2)C1. The number of carbonyl (C=O) groups excluding carboxylic acids is 1. The number of halogens is 1. The molecule has 1 aromatic carbocycles. The van der Waals surface area contributed by atoms with Crippen LogP contribution in [0.25, 0.3) is 0 Å².